The fraction of sp³-hybridized carbons (Fsp3) is 0.471. The Morgan fingerprint density at radius 1 is 1.42 bits per heavy atom. The molecule has 1 atom stereocenters. The van der Waals surface area contributed by atoms with Crippen LogP contribution in [0.5, 0.6) is 0 Å². The van der Waals surface area contributed by atoms with E-state index in [0.29, 0.717) is 18.7 Å². The van der Waals surface area contributed by atoms with Crippen molar-refractivity contribution in [3.8, 4) is 0 Å². The minimum Gasteiger partial charge on any atom is -0.338 e. The van der Waals surface area contributed by atoms with Crippen LogP contribution in [0.3, 0.4) is 0 Å². The molecule has 0 bridgehead atoms. The molecule has 0 aliphatic carbocycles. The molecule has 0 spiro atoms. The molecule has 0 aromatic carbocycles. The van der Waals surface area contributed by atoms with Gasteiger partial charge in [0.1, 0.15) is 6.33 Å². The Balaban J connectivity index is 1.80. The number of carbonyl (C=O) groups excluding carboxylic acids is 1. The van der Waals surface area contributed by atoms with Gasteiger partial charge in [-0.3, -0.25) is 9.59 Å². The summed E-state index contributed by atoms with van der Waals surface area (Å²) in [4.78, 5) is 41.3. The third-order valence-corrected chi connectivity index (χ3v) is 4.34. The van der Waals surface area contributed by atoms with Crippen molar-refractivity contribution in [1.29, 1.82) is 0 Å². The molecule has 3 rings (SSSR count). The summed E-state index contributed by atoms with van der Waals surface area (Å²) in [6.45, 7) is 3.33. The van der Waals surface area contributed by atoms with Gasteiger partial charge in [-0.15, -0.1) is 0 Å². The molecule has 7 nitrogen and oxygen atoms in total. The number of rotatable bonds is 4. The number of piperidine rings is 1. The first-order chi connectivity index (χ1) is 11.7. The number of nitrogens with one attached hydrogen (secondary N) is 1. The molecule has 0 saturated carbocycles. The lowest BCUT2D eigenvalue weighted by Gasteiger charge is -2.32. The third kappa shape index (κ3) is 3.50. The molecule has 7 heteroatoms. The first kappa shape index (κ1) is 16.3. The van der Waals surface area contributed by atoms with E-state index in [4.69, 9.17) is 0 Å². The van der Waals surface area contributed by atoms with E-state index < -0.39 is 0 Å². The first-order valence-corrected chi connectivity index (χ1v) is 8.31. The Kier molecular flexibility index (Phi) is 4.98. The molecule has 0 unspecified atom stereocenters. The van der Waals surface area contributed by atoms with Crippen LogP contribution in [0.4, 0.5) is 0 Å². The van der Waals surface area contributed by atoms with Gasteiger partial charge in [-0.05, 0) is 19.3 Å². The zero-order chi connectivity index (χ0) is 16.9. The minimum absolute atomic E-state index is 0.0337. The number of nitrogens with zero attached hydrogens (tertiary/aromatic N) is 4. The quantitative estimate of drug-likeness (QED) is 0.919. The maximum absolute atomic E-state index is 12.9. The SMILES string of the molecule is CCCc1ncncc1C(=O)N1CCC[C@H](c2cc(=O)[nH]cn2)C1. The normalized spacial score (nSPS) is 17.7. The van der Waals surface area contributed by atoms with E-state index in [2.05, 4.69) is 26.9 Å². The minimum atomic E-state index is -0.162. The predicted molar refractivity (Wildman–Crippen MR) is 88.8 cm³/mol. The maximum Gasteiger partial charge on any atom is 0.257 e. The van der Waals surface area contributed by atoms with Crippen molar-refractivity contribution in [2.45, 2.75) is 38.5 Å². The second-order valence-corrected chi connectivity index (χ2v) is 6.06. The molecule has 1 fully saturated rings. The van der Waals surface area contributed by atoms with Gasteiger partial charge in [-0.2, -0.15) is 0 Å². The van der Waals surface area contributed by atoms with Crippen LogP contribution in [-0.4, -0.2) is 43.8 Å². The number of hydrogen-bond donors (Lipinski definition) is 1. The Bertz CT molecular complexity index is 773. The summed E-state index contributed by atoms with van der Waals surface area (Å²) in [7, 11) is 0. The zero-order valence-corrected chi connectivity index (χ0v) is 13.7. The number of hydrogen-bond acceptors (Lipinski definition) is 5. The van der Waals surface area contributed by atoms with Gasteiger partial charge in [-0.1, -0.05) is 13.3 Å². The summed E-state index contributed by atoms with van der Waals surface area (Å²) in [5.74, 6) is 0.0536. The molecular formula is C17H21N5O2. The molecule has 1 saturated heterocycles. The third-order valence-electron chi connectivity index (χ3n) is 4.34. The van der Waals surface area contributed by atoms with Gasteiger partial charge in [0.25, 0.3) is 11.5 Å². The van der Waals surface area contributed by atoms with E-state index in [1.165, 1.54) is 18.7 Å². The number of aryl methyl sites for hydroxylation is 1. The van der Waals surface area contributed by atoms with E-state index in [9.17, 15) is 9.59 Å². The summed E-state index contributed by atoms with van der Waals surface area (Å²) in [5, 5.41) is 0. The molecule has 3 heterocycles. The van der Waals surface area contributed by atoms with Crippen molar-refractivity contribution in [2.24, 2.45) is 0 Å². The van der Waals surface area contributed by atoms with E-state index in [1.54, 1.807) is 6.20 Å². The van der Waals surface area contributed by atoms with Gasteiger partial charge in [0.2, 0.25) is 0 Å². The van der Waals surface area contributed by atoms with Crippen molar-refractivity contribution in [1.82, 2.24) is 24.8 Å². The van der Waals surface area contributed by atoms with E-state index in [1.807, 2.05) is 4.90 Å². The van der Waals surface area contributed by atoms with Crippen LogP contribution in [0, 0.1) is 0 Å². The van der Waals surface area contributed by atoms with Crippen molar-refractivity contribution in [2.75, 3.05) is 13.1 Å². The van der Waals surface area contributed by atoms with Gasteiger partial charge in [0.05, 0.1) is 23.3 Å². The molecule has 0 radical (unpaired) electrons. The Labute approximate surface area is 140 Å². The van der Waals surface area contributed by atoms with Crippen LogP contribution in [0.15, 0.2) is 29.7 Å². The van der Waals surface area contributed by atoms with Crippen LogP contribution in [0.1, 0.15) is 53.8 Å². The highest BCUT2D eigenvalue weighted by atomic mass is 16.2. The molecule has 2 aromatic rings. The van der Waals surface area contributed by atoms with Crippen LogP contribution in [-0.2, 0) is 6.42 Å². The molecule has 24 heavy (non-hydrogen) atoms. The smallest absolute Gasteiger partial charge is 0.257 e. The number of aromatic amines is 1. The second kappa shape index (κ2) is 7.33. The summed E-state index contributed by atoms with van der Waals surface area (Å²) < 4.78 is 0. The molecule has 2 aromatic heterocycles. The fourth-order valence-electron chi connectivity index (χ4n) is 3.15. The van der Waals surface area contributed by atoms with E-state index in [0.717, 1.165) is 37.1 Å². The summed E-state index contributed by atoms with van der Waals surface area (Å²) >= 11 is 0. The monoisotopic (exact) mass is 327 g/mol. The topological polar surface area (TPSA) is 91.8 Å². The number of H-pyrrole nitrogens is 1. The Morgan fingerprint density at radius 2 is 2.29 bits per heavy atom. The van der Waals surface area contributed by atoms with Gasteiger partial charge in [0.15, 0.2) is 0 Å². The van der Waals surface area contributed by atoms with Crippen molar-refractivity contribution >= 4 is 5.91 Å². The van der Waals surface area contributed by atoms with Crippen molar-refractivity contribution < 1.29 is 4.79 Å². The number of aromatic nitrogens is 4. The van der Waals surface area contributed by atoms with Gasteiger partial charge < -0.3 is 9.88 Å². The standard InChI is InChI=1S/C17H21N5O2/c1-2-4-14-13(8-18-10-19-14)17(24)22-6-3-5-12(9-22)15-7-16(23)21-11-20-15/h7-8,10-12H,2-6,9H2,1H3,(H,20,21,23)/t12-/m0/s1. The first-order valence-electron chi connectivity index (χ1n) is 8.31. The Hall–Kier alpha value is -2.57. The molecular weight excluding hydrogens is 306 g/mol. The average Bonchev–Trinajstić information content (AvgIpc) is 2.62. The van der Waals surface area contributed by atoms with Gasteiger partial charge in [0, 0.05) is 31.3 Å². The summed E-state index contributed by atoms with van der Waals surface area (Å²) in [5.41, 5.74) is 1.97. The molecule has 1 aliphatic rings. The average molecular weight is 327 g/mol. The number of amides is 1. The lowest BCUT2D eigenvalue weighted by atomic mass is 9.94. The van der Waals surface area contributed by atoms with Gasteiger partial charge >= 0.3 is 0 Å². The lowest BCUT2D eigenvalue weighted by molar-refractivity contribution is 0.0703. The van der Waals surface area contributed by atoms with Crippen molar-refractivity contribution in [3.05, 3.63) is 52.2 Å². The fourth-order valence-corrected chi connectivity index (χ4v) is 3.15. The van der Waals surface area contributed by atoms with Crippen LogP contribution >= 0.6 is 0 Å². The maximum atomic E-state index is 12.9. The molecule has 1 N–H and O–H groups in total. The summed E-state index contributed by atoms with van der Waals surface area (Å²) in [6.07, 6.45) is 8.02. The molecule has 1 amide bonds. The van der Waals surface area contributed by atoms with Crippen LogP contribution < -0.4 is 5.56 Å². The lowest BCUT2D eigenvalue weighted by Crippen LogP contribution is -2.40. The van der Waals surface area contributed by atoms with Crippen LogP contribution in [0.25, 0.3) is 0 Å². The molecule has 1 aliphatic heterocycles. The summed E-state index contributed by atoms with van der Waals surface area (Å²) in [6, 6.07) is 1.52. The number of likely N-dealkylation sites (tertiary alicyclic amines) is 1. The highest BCUT2D eigenvalue weighted by Crippen LogP contribution is 2.26. The highest BCUT2D eigenvalue weighted by molar-refractivity contribution is 5.95. The second-order valence-electron chi connectivity index (χ2n) is 6.06. The van der Waals surface area contributed by atoms with Crippen LogP contribution in [0.2, 0.25) is 0 Å². The molecule has 126 valence electrons. The number of carbonyl (C=O) groups is 1. The predicted octanol–water partition coefficient (Wildman–Crippen LogP) is 1.53. The highest BCUT2D eigenvalue weighted by Gasteiger charge is 2.27. The van der Waals surface area contributed by atoms with Gasteiger partial charge in [-0.25, -0.2) is 15.0 Å². The van der Waals surface area contributed by atoms with E-state index >= 15 is 0 Å². The largest absolute Gasteiger partial charge is 0.338 e. The Morgan fingerprint density at radius 3 is 3.08 bits per heavy atom. The van der Waals surface area contributed by atoms with E-state index in [-0.39, 0.29) is 17.4 Å². The van der Waals surface area contributed by atoms with Crippen molar-refractivity contribution in [3.63, 3.8) is 0 Å². The zero-order valence-electron chi connectivity index (χ0n) is 13.7.